The van der Waals surface area contributed by atoms with Gasteiger partial charge in [0.1, 0.15) is 0 Å². The summed E-state index contributed by atoms with van der Waals surface area (Å²) in [6, 6.07) is 10.5. The van der Waals surface area contributed by atoms with E-state index >= 15 is 0 Å². The van der Waals surface area contributed by atoms with Crippen molar-refractivity contribution in [3.8, 4) is 0 Å². The Morgan fingerprint density at radius 2 is 1.82 bits per heavy atom. The van der Waals surface area contributed by atoms with Crippen molar-refractivity contribution in [1.82, 2.24) is 0 Å². The summed E-state index contributed by atoms with van der Waals surface area (Å²) in [5, 5.41) is 0. The van der Waals surface area contributed by atoms with Crippen LogP contribution in [-0.4, -0.2) is 0 Å². The number of hydrogen-bond donors (Lipinski definition) is 0. The van der Waals surface area contributed by atoms with E-state index in [0.29, 0.717) is 0 Å². The molecular formula is C11H11. The first-order chi connectivity index (χ1) is 5.45. The first-order valence-corrected chi connectivity index (χ1v) is 4.04. The molecule has 0 saturated heterocycles. The average Bonchev–Trinajstić information content (AvgIpc) is 1.99. The fourth-order valence-electron chi connectivity index (χ4n) is 1.21. The molecule has 0 N–H and O–H groups in total. The second kappa shape index (κ2) is 2.91. The molecule has 1 radical (unpaired) electrons. The quantitative estimate of drug-likeness (QED) is 0.597. The van der Waals surface area contributed by atoms with Crippen LogP contribution in [0.4, 0.5) is 0 Å². The van der Waals surface area contributed by atoms with Crippen LogP contribution in [0.1, 0.15) is 18.4 Å². The summed E-state index contributed by atoms with van der Waals surface area (Å²) < 4.78 is 0. The first kappa shape index (κ1) is 6.66. The van der Waals surface area contributed by atoms with Crippen LogP contribution in [0.3, 0.4) is 0 Å². The van der Waals surface area contributed by atoms with Gasteiger partial charge in [0.15, 0.2) is 0 Å². The zero-order chi connectivity index (χ0) is 7.52. The summed E-state index contributed by atoms with van der Waals surface area (Å²) in [5.74, 6) is 0. The van der Waals surface area contributed by atoms with E-state index in [9.17, 15) is 0 Å². The predicted octanol–water partition coefficient (Wildman–Crippen LogP) is 2.96. The van der Waals surface area contributed by atoms with Crippen molar-refractivity contribution in [2.75, 3.05) is 0 Å². The minimum absolute atomic E-state index is 1.26. The van der Waals surface area contributed by atoms with E-state index in [2.05, 4.69) is 36.8 Å². The molecule has 1 aromatic carbocycles. The lowest BCUT2D eigenvalue weighted by Crippen LogP contribution is -1.95. The summed E-state index contributed by atoms with van der Waals surface area (Å²) in [7, 11) is 0. The molecule has 0 heterocycles. The SMILES string of the molecule is [CH](C1=CCC1)c1ccccc1. The van der Waals surface area contributed by atoms with Crippen molar-refractivity contribution in [1.29, 1.82) is 0 Å². The van der Waals surface area contributed by atoms with Crippen LogP contribution in [0.15, 0.2) is 42.0 Å². The maximum Gasteiger partial charge on any atom is 0.0154 e. The van der Waals surface area contributed by atoms with Gasteiger partial charge in [-0.15, -0.1) is 0 Å². The van der Waals surface area contributed by atoms with Crippen molar-refractivity contribution in [3.63, 3.8) is 0 Å². The van der Waals surface area contributed by atoms with Crippen LogP contribution in [0.2, 0.25) is 0 Å². The van der Waals surface area contributed by atoms with Crippen LogP contribution in [0.5, 0.6) is 0 Å². The topological polar surface area (TPSA) is 0 Å². The lowest BCUT2D eigenvalue weighted by molar-refractivity contribution is 0.888. The van der Waals surface area contributed by atoms with E-state index < -0.39 is 0 Å². The third-order valence-electron chi connectivity index (χ3n) is 1.99. The number of allylic oxidation sites excluding steroid dienone is 2. The molecule has 1 aliphatic rings. The third-order valence-corrected chi connectivity index (χ3v) is 1.99. The molecule has 1 aromatic rings. The van der Waals surface area contributed by atoms with E-state index in [4.69, 9.17) is 0 Å². The smallest absolute Gasteiger partial charge is 0.0154 e. The molecule has 0 amide bonds. The molecule has 0 spiro atoms. The van der Waals surface area contributed by atoms with Gasteiger partial charge in [0.05, 0.1) is 0 Å². The van der Waals surface area contributed by atoms with Crippen LogP contribution in [-0.2, 0) is 0 Å². The first-order valence-electron chi connectivity index (χ1n) is 4.04. The zero-order valence-corrected chi connectivity index (χ0v) is 6.46. The minimum atomic E-state index is 1.26. The van der Waals surface area contributed by atoms with E-state index in [-0.39, 0.29) is 0 Å². The number of hydrogen-bond acceptors (Lipinski definition) is 0. The second-order valence-corrected chi connectivity index (χ2v) is 2.87. The second-order valence-electron chi connectivity index (χ2n) is 2.87. The normalized spacial score (nSPS) is 15.5. The van der Waals surface area contributed by atoms with Crippen molar-refractivity contribution < 1.29 is 0 Å². The largest absolute Gasteiger partial charge is 0.0844 e. The molecule has 1 aliphatic carbocycles. The number of benzene rings is 1. The molecule has 55 valence electrons. The van der Waals surface area contributed by atoms with Gasteiger partial charge in [0, 0.05) is 6.42 Å². The molecule has 0 saturated carbocycles. The van der Waals surface area contributed by atoms with Gasteiger partial charge in [-0.05, 0) is 18.4 Å². The van der Waals surface area contributed by atoms with Crippen LogP contribution >= 0.6 is 0 Å². The average molecular weight is 143 g/mol. The molecule has 2 rings (SSSR count). The van der Waals surface area contributed by atoms with Crippen molar-refractivity contribution in [2.24, 2.45) is 0 Å². The maximum atomic E-state index is 2.28. The minimum Gasteiger partial charge on any atom is -0.0844 e. The van der Waals surface area contributed by atoms with E-state index in [1.807, 2.05) is 6.07 Å². The van der Waals surface area contributed by atoms with Gasteiger partial charge in [0.2, 0.25) is 0 Å². The molecule has 11 heavy (non-hydrogen) atoms. The Hall–Kier alpha value is -1.04. The molecule has 0 unspecified atom stereocenters. The standard InChI is InChI=1S/C11H11/c1-2-5-10(6-3-1)9-11-7-4-8-11/h1-3,5-7,9H,4,8H2. The Kier molecular flexibility index (Phi) is 1.76. The number of rotatable bonds is 2. The maximum absolute atomic E-state index is 2.28. The fourth-order valence-corrected chi connectivity index (χ4v) is 1.21. The summed E-state index contributed by atoms with van der Waals surface area (Å²) >= 11 is 0. The van der Waals surface area contributed by atoms with Crippen molar-refractivity contribution >= 4 is 0 Å². The highest BCUT2D eigenvalue weighted by Gasteiger charge is 2.05. The van der Waals surface area contributed by atoms with Crippen LogP contribution < -0.4 is 0 Å². The highest BCUT2D eigenvalue weighted by Crippen LogP contribution is 2.23. The van der Waals surface area contributed by atoms with Gasteiger partial charge in [-0.2, -0.15) is 0 Å². The van der Waals surface area contributed by atoms with Crippen LogP contribution in [0, 0.1) is 6.42 Å². The molecule has 0 atom stereocenters. The van der Waals surface area contributed by atoms with E-state index in [0.717, 1.165) is 0 Å². The molecular weight excluding hydrogens is 132 g/mol. The third kappa shape index (κ3) is 1.51. The lowest BCUT2D eigenvalue weighted by atomic mass is 9.93. The molecule has 0 nitrogen and oxygen atoms in total. The summed E-state index contributed by atoms with van der Waals surface area (Å²) in [5.41, 5.74) is 2.80. The Bertz CT molecular complexity index is 257. The molecule has 0 bridgehead atoms. The predicted molar refractivity (Wildman–Crippen MR) is 47.2 cm³/mol. The summed E-state index contributed by atoms with van der Waals surface area (Å²) in [6.45, 7) is 0. The monoisotopic (exact) mass is 143 g/mol. The van der Waals surface area contributed by atoms with Gasteiger partial charge in [-0.1, -0.05) is 42.0 Å². The Morgan fingerprint density at radius 3 is 2.36 bits per heavy atom. The van der Waals surface area contributed by atoms with Gasteiger partial charge in [0.25, 0.3) is 0 Å². The molecule has 0 fully saturated rings. The zero-order valence-electron chi connectivity index (χ0n) is 6.46. The molecule has 0 heteroatoms. The van der Waals surface area contributed by atoms with Gasteiger partial charge in [-0.25, -0.2) is 0 Å². The molecule has 0 aromatic heterocycles. The van der Waals surface area contributed by atoms with Crippen molar-refractivity contribution in [3.05, 3.63) is 54.0 Å². The van der Waals surface area contributed by atoms with Gasteiger partial charge in [-0.3, -0.25) is 0 Å². The Balaban J connectivity index is 2.07. The fraction of sp³-hybridized carbons (Fsp3) is 0.182. The van der Waals surface area contributed by atoms with E-state index in [1.54, 1.807) is 0 Å². The summed E-state index contributed by atoms with van der Waals surface area (Å²) in [6.07, 6.45) is 7.06. The highest BCUT2D eigenvalue weighted by molar-refractivity contribution is 5.36. The highest BCUT2D eigenvalue weighted by atomic mass is 14.1. The summed E-state index contributed by atoms with van der Waals surface area (Å²) in [4.78, 5) is 0. The lowest BCUT2D eigenvalue weighted by Gasteiger charge is -2.13. The Morgan fingerprint density at radius 1 is 1.09 bits per heavy atom. The van der Waals surface area contributed by atoms with E-state index in [1.165, 1.54) is 24.0 Å². The Labute approximate surface area is 67.6 Å². The van der Waals surface area contributed by atoms with Crippen LogP contribution in [0.25, 0.3) is 0 Å². The van der Waals surface area contributed by atoms with Crippen molar-refractivity contribution in [2.45, 2.75) is 12.8 Å². The van der Waals surface area contributed by atoms with Gasteiger partial charge >= 0.3 is 0 Å². The molecule has 0 aliphatic heterocycles. The van der Waals surface area contributed by atoms with Gasteiger partial charge < -0.3 is 0 Å².